The first-order valence-corrected chi connectivity index (χ1v) is 6.18. The predicted octanol–water partition coefficient (Wildman–Crippen LogP) is 1.12. The number of nitrogen functional groups attached to an aromatic ring is 1. The van der Waals surface area contributed by atoms with E-state index < -0.39 is 0 Å². The quantitative estimate of drug-likeness (QED) is 0.704. The molecule has 1 aromatic rings. The van der Waals surface area contributed by atoms with Crippen molar-refractivity contribution in [2.45, 2.75) is 33.1 Å². The Balaban J connectivity index is 2.59. The molecule has 1 rings (SSSR count). The highest BCUT2D eigenvalue weighted by molar-refractivity contribution is 5.80. The Labute approximate surface area is 107 Å². The SMILES string of the molecule is CCCNC(=O)CNc1cc(N)nc(C(C)C)n1. The van der Waals surface area contributed by atoms with E-state index in [9.17, 15) is 4.79 Å². The molecule has 0 fully saturated rings. The van der Waals surface area contributed by atoms with Crippen LogP contribution in [0.15, 0.2) is 6.07 Å². The van der Waals surface area contributed by atoms with Gasteiger partial charge in [0.1, 0.15) is 17.5 Å². The molecule has 0 aliphatic carbocycles. The van der Waals surface area contributed by atoms with Crippen LogP contribution < -0.4 is 16.4 Å². The van der Waals surface area contributed by atoms with Gasteiger partial charge in [-0.2, -0.15) is 0 Å². The molecule has 0 atom stereocenters. The minimum atomic E-state index is -0.0554. The Morgan fingerprint density at radius 3 is 2.78 bits per heavy atom. The molecule has 1 aromatic heterocycles. The van der Waals surface area contributed by atoms with Gasteiger partial charge in [0.2, 0.25) is 5.91 Å². The lowest BCUT2D eigenvalue weighted by molar-refractivity contribution is -0.119. The number of amides is 1. The highest BCUT2D eigenvalue weighted by Crippen LogP contribution is 2.14. The van der Waals surface area contributed by atoms with Gasteiger partial charge in [0, 0.05) is 18.5 Å². The first-order chi connectivity index (χ1) is 8.52. The summed E-state index contributed by atoms with van der Waals surface area (Å²) in [6.45, 7) is 6.87. The van der Waals surface area contributed by atoms with Crippen molar-refractivity contribution in [1.29, 1.82) is 0 Å². The Bertz CT molecular complexity index is 405. The number of nitrogens with two attached hydrogens (primary N) is 1. The molecule has 0 bridgehead atoms. The molecule has 100 valence electrons. The van der Waals surface area contributed by atoms with Gasteiger partial charge in [-0.3, -0.25) is 4.79 Å². The van der Waals surface area contributed by atoms with Gasteiger partial charge in [-0.05, 0) is 6.42 Å². The normalized spacial score (nSPS) is 10.4. The second-order valence-corrected chi connectivity index (χ2v) is 4.39. The summed E-state index contributed by atoms with van der Waals surface area (Å²) in [7, 11) is 0. The second-order valence-electron chi connectivity index (χ2n) is 4.39. The molecule has 4 N–H and O–H groups in total. The largest absolute Gasteiger partial charge is 0.384 e. The number of carbonyl (C=O) groups excluding carboxylic acids is 1. The third-order valence-corrected chi connectivity index (χ3v) is 2.28. The van der Waals surface area contributed by atoms with Crippen molar-refractivity contribution in [3.8, 4) is 0 Å². The van der Waals surface area contributed by atoms with Crippen LogP contribution in [0.5, 0.6) is 0 Å². The van der Waals surface area contributed by atoms with E-state index in [1.807, 2.05) is 20.8 Å². The fourth-order valence-electron chi connectivity index (χ4n) is 1.33. The van der Waals surface area contributed by atoms with Crippen molar-refractivity contribution in [2.75, 3.05) is 24.1 Å². The van der Waals surface area contributed by atoms with Crippen LogP contribution in [0.25, 0.3) is 0 Å². The van der Waals surface area contributed by atoms with Crippen molar-refractivity contribution < 1.29 is 4.79 Å². The van der Waals surface area contributed by atoms with Gasteiger partial charge in [-0.1, -0.05) is 20.8 Å². The van der Waals surface area contributed by atoms with Gasteiger partial charge >= 0.3 is 0 Å². The number of hydrogen-bond donors (Lipinski definition) is 3. The van der Waals surface area contributed by atoms with Crippen LogP contribution in [-0.2, 0) is 4.79 Å². The molecule has 6 nitrogen and oxygen atoms in total. The van der Waals surface area contributed by atoms with Crippen molar-refractivity contribution >= 4 is 17.5 Å². The molecule has 0 unspecified atom stereocenters. The number of rotatable bonds is 6. The first-order valence-electron chi connectivity index (χ1n) is 6.18. The lowest BCUT2D eigenvalue weighted by atomic mass is 10.2. The van der Waals surface area contributed by atoms with Gasteiger partial charge in [0.25, 0.3) is 0 Å². The third-order valence-electron chi connectivity index (χ3n) is 2.28. The van der Waals surface area contributed by atoms with Crippen molar-refractivity contribution in [1.82, 2.24) is 15.3 Å². The average molecular weight is 251 g/mol. The van der Waals surface area contributed by atoms with Crippen LogP contribution in [0.2, 0.25) is 0 Å². The molecule has 0 aliphatic rings. The molecule has 1 heterocycles. The highest BCUT2D eigenvalue weighted by atomic mass is 16.1. The molecular formula is C12H21N5O. The number of hydrogen-bond acceptors (Lipinski definition) is 5. The molecule has 0 saturated carbocycles. The van der Waals surface area contributed by atoms with Crippen molar-refractivity contribution in [3.63, 3.8) is 0 Å². The second kappa shape index (κ2) is 6.78. The molecule has 0 radical (unpaired) electrons. The van der Waals surface area contributed by atoms with Gasteiger partial charge in [0.05, 0.1) is 6.54 Å². The van der Waals surface area contributed by atoms with E-state index in [1.54, 1.807) is 6.07 Å². The molecule has 0 spiro atoms. The summed E-state index contributed by atoms with van der Waals surface area (Å²) in [4.78, 5) is 19.9. The van der Waals surface area contributed by atoms with Crippen molar-refractivity contribution in [3.05, 3.63) is 11.9 Å². The minimum absolute atomic E-state index is 0.0554. The van der Waals surface area contributed by atoms with E-state index in [4.69, 9.17) is 5.73 Å². The molecule has 0 aliphatic heterocycles. The number of nitrogens with zero attached hydrogens (tertiary/aromatic N) is 2. The average Bonchev–Trinajstić information content (AvgIpc) is 2.33. The fourth-order valence-corrected chi connectivity index (χ4v) is 1.33. The predicted molar refractivity (Wildman–Crippen MR) is 72.3 cm³/mol. The van der Waals surface area contributed by atoms with E-state index in [0.717, 1.165) is 6.42 Å². The topological polar surface area (TPSA) is 92.9 Å². The summed E-state index contributed by atoms with van der Waals surface area (Å²) in [5.74, 6) is 1.80. The molecule has 18 heavy (non-hydrogen) atoms. The summed E-state index contributed by atoms with van der Waals surface area (Å²) in [5.41, 5.74) is 5.69. The Morgan fingerprint density at radius 1 is 1.44 bits per heavy atom. The van der Waals surface area contributed by atoms with Gasteiger partial charge in [-0.15, -0.1) is 0 Å². The van der Waals surface area contributed by atoms with E-state index >= 15 is 0 Å². The highest BCUT2D eigenvalue weighted by Gasteiger charge is 2.07. The lowest BCUT2D eigenvalue weighted by Crippen LogP contribution is -2.30. The Kier molecular flexibility index (Phi) is 5.35. The summed E-state index contributed by atoms with van der Waals surface area (Å²) in [6.07, 6.45) is 0.920. The zero-order valence-electron chi connectivity index (χ0n) is 11.2. The van der Waals surface area contributed by atoms with E-state index in [0.29, 0.717) is 24.0 Å². The zero-order valence-corrected chi connectivity index (χ0v) is 11.2. The summed E-state index contributed by atoms with van der Waals surface area (Å²) in [5, 5.41) is 5.72. The molecule has 1 amide bonds. The number of carbonyl (C=O) groups is 1. The minimum Gasteiger partial charge on any atom is -0.384 e. The first kappa shape index (κ1) is 14.2. The summed E-state index contributed by atoms with van der Waals surface area (Å²) < 4.78 is 0. The van der Waals surface area contributed by atoms with Crippen LogP contribution in [0.3, 0.4) is 0 Å². The number of nitrogens with one attached hydrogen (secondary N) is 2. The van der Waals surface area contributed by atoms with Crippen LogP contribution >= 0.6 is 0 Å². The maximum absolute atomic E-state index is 11.4. The maximum atomic E-state index is 11.4. The molecule has 6 heteroatoms. The van der Waals surface area contributed by atoms with Gasteiger partial charge < -0.3 is 16.4 Å². The fraction of sp³-hybridized carbons (Fsp3) is 0.583. The van der Waals surface area contributed by atoms with Gasteiger partial charge in [-0.25, -0.2) is 9.97 Å². The monoisotopic (exact) mass is 251 g/mol. The standard InChI is InChI=1S/C12H21N5O/c1-4-5-14-11(18)7-15-10-6-9(13)16-12(17-10)8(2)3/h6,8H,4-5,7H2,1-3H3,(H,14,18)(H3,13,15,16,17). The van der Waals surface area contributed by atoms with Crippen LogP contribution in [0.1, 0.15) is 38.9 Å². The van der Waals surface area contributed by atoms with E-state index in [2.05, 4.69) is 20.6 Å². The lowest BCUT2D eigenvalue weighted by Gasteiger charge is -2.10. The van der Waals surface area contributed by atoms with Crippen molar-refractivity contribution in [2.24, 2.45) is 0 Å². The Morgan fingerprint density at radius 2 is 2.17 bits per heavy atom. The van der Waals surface area contributed by atoms with Gasteiger partial charge in [0.15, 0.2) is 0 Å². The van der Waals surface area contributed by atoms with Crippen LogP contribution in [0.4, 0.5) is 11.6 Å². The molecule has 0 saturated heterocycles. The third kappa shape index (κ3) is 4.57. The zero-order chi connectivity index (χ0) is 13.5. The van der Waals surface area contributed by atoms with E-state index in [-0.39, 0.29) is 18.4 Å². The summed E-state index contributed by atoms with van der Waals surface area (Å²) >= 11 is 0. The van der Waals surface area contributed by atoms with E-state index in [1.165, 1.54) is 0 Å². The molecule has 0 aromatic carbocycles. The number of aromatic nitrogens is 2. The van der Waals surface area contributed by atoms with Crippen LogP contribution in [0, 0.1) is 0 Å². The summed E-state index contributed by atoms with van der Waals surface area (Å²) in [6, 6.07) is 1.62. The van der Waals surface area contributed by atoms with Crippen LogP contribution in [-0.4, -0.2) is 29.0 Å². The number of anilines is 2. The maximum Gasteiger partial charge on any atom is 0.239 e. The Hall–Kier alpha value is -1.85. The molecular weight excluding hydrogens is 230 g/mol. The smallest absolute Gasteiger partial charge is 0.239 e.